The zero-order valence-corrected chi connectivity index (χ0v) is 16.4. The summed E-state index contributed by atoms with van der Waals surface area (Å²) in [4.78, 5) is 10.9. The number of benzene rings is 2. The summed E-state index contributed by atoms with van der Waals surface area (Å²) in [6.45, 7) is 0. The molecular weight excluding hydrogens is 406 g/mol. The molecule has 28 heavy (non-hydrogen) atoms. The van der Waals surface area contributed by atoms with E-state index in [1.54, 1.807) is 24.3 Å². The number of nitrogens with one attached hydrogen (secondary N) is 1. The zero-order chi connectivity index (χ0) is 20.3. The number of carbonyl (C=O) groups is 1. The third kappa shape index (κ3) is 3.92. The van der Waals surface area contributed by atoms with Crippen LogP contribution in [-0.2, 0) is 10.0 Å². The number of ether oxygens (including phenoxy) is 1. The summed E-state index contributed by atoms with van der Waals surface area (Å²) in [6.07, 6.45) is 1.82. The lowest BCUT2D eigenvalue weighted by Crippen LogP contribution is -2.15. The number of aromatic carboxylic acids is 1. The molecule has 3 rings (SSSR count). The fraction of sp³-hybridized carbons (Fsp3) is 0.125. The molecule has 3 aromatic rings. The van der Waals surface area contributed by atoms with Crippen molar-refractivity contribution in [1.29, 1.82) is 0 Å². The van der Waals surface area contributed by atoms with Gasteiger partial charge in [0.2, 0.25) is 5.16 Å². The SMILES string of the molecule is COc1ccc(C(=O)O)cc1S(=O)(=O)Nc1cccc(-n2nnnc2SC)c1. The molecule has 1 aromatic heterocycles. The van der Waals surface area contributed by atoms with Crippen LogP contribution in [0.4, 0.5) is 5.69 Å². The first kappa shape index (κ1) is 19.6. The third-order valence-corrected chi connectivity index (χ3v) is 5.69. The molecule has 10 nitrogen and oxygen atoms in total. The average molecular weight is 421 g/mol. The standard InChI is InChI=1S/C16H15N5O5S2/c1-26-13-7-6-10(15(22)23)8-14(13)28(24,25)18-11-4-3-5-12(9-11)21-16(27-2)17-19-20-21/h3-9,18H,1-2H3,(H,22,23). The van der Waals surface area contributed by atoms with E-state index in [1.165, 1.54) is 35.7 Å². The smallest absolute Gasteiger partial charge is 0.335 e. The van der Waals surface area contributed by atoms with Crippen molar-refractivity contribution in [3.63, 3.8) is 0 Å². The van der Waals surface area contributed by atoms with E-state index in [2.05, 4.69) is 20.2 Å². The van der Waals surface area contributed by atoms with Gasteiger partial charge < -0.3 is 9.84 Å². The molecule has 0 aliphatic rings. The summed E-state index contributed by atoms with van der Waals surface area (Å²) in [5, 5.41) is 21.0. The van der Waals surface area contributed by atoms with Crippen LogP contribution < -0.4 is 9.46 Å². The van der Waals surface area contributed by atoms with E-state index >= 15 is 0 Å². The maximum Gasteiger partial charge on any atom is 0.335 e. The van der Waals surface area contributed by atoms with E-state index in [0.29, 0.717) is 10.8 Å². The highest BCUT2D eigenvalue weighted by atomic mass is 32.2. The second kappa shape index (κ2) is 7.86. The summed E-state index contributed by atoms with van der Waals surface area (Å²) in [5.74, 6) is -1.22. The molecule has 0 saturated heterocycles. The summed E-state index contributed by atoms with van der Waals surface area (Å²) >= 11 is 1.34. The Morgan fingerprint density at radius 1 is 1.25 bits per heavy atom. The van der Waals surface area contributed by atoms with Gasteiger partial charge in [-0.25, -0.2) is 13.2 Å². The molecule has 0 spiro atoms. The number of thioether (sulfide) groups is 1. The molecule has 146 valence electrons. The fourth-order valence-electron chi connectivity index (χ4n) is 2.40. The number of tetrazole rings is 1. The van der Waals surface area contributed by atoms with Gasteiger partial charge in [0.05, 0.1) is 24.0 Å². The first-order chi connectivity index (χ1) is 13.4. The van der Waals surface area contributed by atoms with Crippen molar-refractivity contribution in [2.75, 3.05) is 18.1 Å². The van der Waals surface area contributed by atoms with Gasteiger partial charge in [-0.05, 0) is 53.1 Å². The number of hydrogen-bond donors (Lipinski definition) is 2. The van der Waals surface area contributed by atoms with E-state index in [1.807, 2.05) is 6.26 Å². The quantitative estimate of drug-likeness (QED) is 0.548. The molecule has 0 aliphatic carbocycles. The first-order valence-electron chi connectivity index (χ1n) is 7.72. The van der Waals surface area contributed by atoms with Crippen molar-refractivity contribution in [3.8, 4) is 11.4 Å². The van der Waals surface area contributed by atoms with Gasteiger partial charge in [-0.3, -0.25) is 4.72 Å². The molecule has 2 aromatic carbocycles. The predicted molar refractivity (Wildman–Crippen MR) is 102 cm³/mol. The van der Waals surface area contributed by atoms with Crippen molar-refractivity contribution in [1.82, 2.24) is 20.2 Å². The zero-order valence-electron chi connectivity index (χ0n) is 14.7. The van der Waals surface area contributed by atoms with Crippen molar-refractivity contribution >= 4 is 33.4 Å². The van der Waals surface area contributed by atoms with E-state index in [4.69, 9.17) is 9.84 Å². The maximum atomic E-state index is 12.8. The Hall–Kier alpha value is -3.12. The van der Waals surface area contributed by atoms with E-state index < -0.39 is 16.0 Å². The molecule has 12 heteroatoms. The van der Waals surface area contributed by atoms with Crippen LogP contribution in [0.3, 0.4) is 0 Å². The Balaban J connectivity index is 1.99. The summed E-state index contributed by atoms with van der Waals surface area (Å²) in [6, 6.07) is 10.1. The largest absolute Gasteiger partial charge is 0.495 e. The highest BCUT2D eigenvalue weighted by Gasteiger charge is 2.22. The van der Waals surface area contributed by atoms with E-state index in [9.17, 15) is 13.2 Å². The van der Waals surface area contributed by atoms with Gasteiger partial charge in [0.25, 0.3) is 10.0 Å². The highest BCUT2D eigenvalue weighted by molar-refractivity contribution is 7.98. The van der Waals surface area contributed by atoms with Gasteiger partial charge in [0.15, 0.2) is 0 Å². The van der Waals surface area contributed by atoms with Crippen LogP contribution in [0.1, 0.15) is 10.4 Å². The van der Waals surface area contributed by atoms with Gasteiger partial charge in [-0.15, -0.1) is 5.10 Å². The van der Waals surface area contributed by atoms with Crippen LogP contribution in [0.2, 0.25) is 0 Å². The minimum atomic E-state index is -4.12. The Bertz CT molecular complexity index is 1130. The lowest BCUT2D eigenvalue weighted by Gasteiger charge is -2.13. The number of aromatic nitrogens is 4. The number of rotatable bonds is 7. The summed E-state index contributed by atoms with van der Waals surface area (Å²) < 4.78 is 34.6. The fourth-order valence-corrected chi connectivity index (χ4v) is 4.08. The molecule has 2 N–H and O–H groups in total. The van der Waals surface area contributed by atoms with Crippen LogP contribution in [0.25, 0.3) is 5.69 Å². The van der Waals surface area contributed by atoms with Crippen molar-refractivity contribution < 1.29 is 23.1 Å². The third-order valence-electron chi connectivity index (χ3n) is 3.67. The minimum Gasteiger partial charge on any atom is -0.495 e. The Labute approximate surface area is 164 Å². The van der Waals surface area contributed by atoms with Crippen LogP contribution in [-0.4, -0.2) is 53.1 Å². The number of sulfonamides is 1. The summed E-state index contributed by atoms with van der Waals surface area (Å²) in [7, 11) is -2.82. The molecule has 0 bridgehead atoms. The molecule has 0 atom stereocenters. The Morgan fingerprint density at radius 3 is 2.71 bits per heavy atom. The Morgan fingerprint density at radius 2 is 2.04 bits per heavy atom. The van der Waals surface area contributed by atoms with Crippen LogP contribution in [0.15, 0.2) is 52.5 Å². The number of carboxylic acid groups (broad SMARTS) is 1. The van der Waals surface area contributed by atoms with Gasteiger partial charge in [-0.1, -0.05) is 17.8 Å². The van der Waals surface area contributed by atoms with Gasteiger partial charge in [0.1, 0.15) is 10.6 Å². The number of carboxylic acids is 1. The van der Waals surface area contributed by atoms with Crippen molar-refractivity contribution in [2.24, 2.45) is 0 Å². The molecular formula is C16H15N5O5S2. The second-order valence-electron chi connectivity index (χ2n) is 5.40. The van der Waals surface area contributed by atoms with Crippen LogP contribution in [0.5, 0.6) is 5.75 Å². The first-order valence-corrected chi connectivity index (χ1v) is 10.4. The molecule has 0 radical (unpaired) electrons. The summed E-state index contributed by atoms with van der Waals surface area (Å²) in [5.41, 5.74) is 0.636. The van der Waals surface area contributed by atoms with Crippen LogP contribution in [0, 0.1) is 0 Å². The number of hydrogen-bond acceptors (Lipinski definition) is 8. The number of anilines is 1. The number of methoxy groups -OCH3 is 1. The monoisotopic (exact) mass is 421 g/mol. The van der Waals surface area contributed by atoms with Gasteiger partial charge in [0, 0.05) is 0 Å². The molecule has 0 fully saturated rings. The van der Waals surface area contributed by atoms with E-state index in [-0.39, 0.29) is 21.9 Å². The second-order valence-corrected chi connectivity index (χ2v) is 7.83. The van der Waals surface area contributed by atoms with Gasteiger partial charge >= 0.3 is 5.97 Å². The lowest BCUT2D eigenvalue weighted by atomic mass is 10.2. The van der Waals surface area contributed by atoms with E-state index in [0.717, 1.165) is 6.07 Å². The predicted octanol–water partition coefficient (Wildman–Crippen LogP) is 1.89. The Kier molecular flexibility index (Phi) is 5.51. The minimum absolute atomic E-state index is 0.0267. The van der Waals surface area contributed by atoms with Crippen molar-refractivity contribution in [3.05, 3.63) is 48.0 Å². The van der Waals surface area contributed by atoms with Gasteiger partial charge in [-0.2, -0.15) is 4.68 Å². The number of nitrogens with zero attached hydrogens (tertiary/aromatic N) is 4. The maximum absolute atomic E-state index is 12.8. The lowest BCUT2D eigenvalue weighted by molar-refractivity contribution is 0.0696. The molecule has 1 heterocycles. The van der Waals surface area contributed by atoms with Crippen molar-refractivity contribution in [2.45, 2.75) is 10.1 Å². The average Bonchev–Trinajstić information content (AvgIpc) is 3.16. The topological polar surface area (TPSA) is 136 Å². The molecule has 0 saturated carbocycles. The normalized spacial score (nSPS) is 11.2. The molecule has 0 unspecified atom stereocenters. The highest BCUT2D eigenvalue weighted by Crippen LogP contribution is 2.28. The molecule has 0 amide bonds. The molecule has 0 aliphatic heterocycles. The van der Waals surface area contributed by atoms with Crippen LogP contribution >= 0.6 is 11.8 Å².